The van der Waals surface area contributed by atoms with Gasteiger partial charge in [-0.25, -0.2) is 0 Å². The van der Waals surface area contributed by atoms with Crippen LogP contribution in [0.15, 0.2) is 68.6 Å². The van der Waals surface area contributed by atoms with Crippen LogP contribution in [0.3, 0.4) is 0 Å². The number of nitrogens with zero attached hydrogens (tertiary/aromatic N) is 2. The number of amides is 1. The fourth-order valence-corrected chi connectivity index (χ4v) is 4.73. The van der Waals surface area contributed by atoms with Crippen molar-refractivity contribution in [2.75, 3.05) is 5.32 Å². The number of hydrogen-bond donors (Lipinski definition) is 3. The fourth-order valence-electron chi connectivity index (χ4n) is 3.18. The molecule has 0 bridgehead atoms. The van der Waals surface area contributed by atoms with E-state index in [1.165, 1.54) is 30.3 Å². The Morgan fingerprint density at radius 1 is 0.943 bits per heavy atom. The molecule has 3 N–H and O–H groups in total. The minimum absolute atomic E-state index is 0.0395. The Kier molecular flexibility index (Phi) is 7.38. The first kappa shape index (κ1) is 26.4. The number of fused-ring (bicyclic) bond motifs is 1. The van der Waals surface area contributed by atoms with Crippen LogP contribution in [-0.4, -0.2) is 43.7 Å². The van der Waals surface area contributed by atoms with Gasteiger partial charge in [0.15, 0.2) is 5.78 Å². The second kappa shape index (κ2) is 9.79. The molecule has 1 unspecified atom stereocenters. The van der Waals surface area contributed by atoms with Gasteiger partial charge >= 0.3 is 0 Å². The molecule has 0 aliphatic heterocycles. The number of ketones is 1. The van der Waals surface area contributed by atoms with Crippen molar-refractivity contribution >= 4 is 65.7 Å². The van der Waals surface area contributed by atoms with Gasteiger partial charge in [0.1, 0.15) is 15.5 Å². The highest BCUT2D eigenvalue weighted by Gasteiger charge is 2.26. The Bertz CT molecular complexity index is 1600. The van der Waals surface area contributed by atoms with E-state index in [4.69, 9.17) is 11.6 Å². The molecule has 11 nitrogen and oxygen atoms in total. The average molecular weight is 540 g/mol. The second-order valence-corrected chi connectivity index (χ2v) is 10.6. The zero-order valence-corrected chi connectivity index (χ0v) is 20.5. The summed E-state index contributed by atoms with van der Waals surface area (Å²) in [6, 6.07) is 8.83. The molecule has 0 fully saturated rings. The van der Waals surface area contributed by atoms with Gasteiger partial charge in [0.2, 0.25) is 6.04 Å². The number of nitrogens with one attached hydrogen (secondary N) is 1. The van der Waals surface area contributed by atoms with Crippen molar-refractivity contribution in [3.05, 3.63) is 59.1 Å². The van der Waals surface area contributed by atoms with E-state index < -0.39 is 42.9 Å². The Labute approximate surface area is 205 Å². The first-order chi connectivity index (χ1) is 16.2. The van der Waals surface area contributed by atoms with E-state index in [1.54, 1.807) is 13.0 Å². The van der Waals surface area contributed by atoms with Crippen molar-refractivity contribution in [2.45, 2.75) is 29.7 Å². The molecule has 14 heteroatoms. The van der Waals surface area contributed by atoms with Gasteiger partial charge in [0.05, 0.1) is 0 Å². The molecule has 0 heterocycles. The van der Waals surface area contributed by atoms with E-state index >= 15 is 0 Å². The summed E-state index contributed by atoms with van der Waals surface area (Å²) in [5.74, 6) is -1.67. The van der Waals surface area contributed by atoms with Crippen molar-refractivity contribution < 1.29 is 35.5 Å². The predicted octanol–water partition coefficient (Wildman–Crippen LogP) is 3.98. The van der Waals surface area contributed by atoms with Crippen LogP contribution in [0.4, 0.5) is 11.4 Å². The molecule has 1 atom stereocenters. The van der Waals surface area contributed by atoms with Gasteiger partial charge in [-0.05, 0) is 43.7 Å². The van der Waals surface area contributed by atoms with Crippen LogP contribution in [-0.2, 0) is 29.8 Å². The van der Waals surface area contributed by atoms with E-state index in [-0.39, 0.29) is 32.1 Å². The molecule has 3 rings (SSSR count). The number of anilines is 1. The van der Waals surface area contributed by atoms with Gasteiger partial charge in [-0.3, -0.25) is 18.7 Å². The maximum absolute atomic E-state index is 12.9. The number of benzene rings is 3. The summed E-state index contributed by atoms with van der Waals surface area (Å²) in [5, 5.41) is 10.3. The molecule has 184 valence electrons. The van der Waals surface area contributed by atoms with Crippen LogP contribution in [0.25, 0.3) is 10.8 Å². The van der Waals surface area contributed by atoms with E-state index in [0.717, 1.165) is 19.1 Å². The molecule has 0 aliphatic rings. The Hall–Kier alpha value is -3.23. The van der Waals surface area contributed by atoms with Gasteiger partial charge in [-0.2, -0.15) is 27.1 Å². The number of rotatable bonds is 7. The molecular formula is C21H18ClN3O8S2. The van der Waals surface area contributed by atoms with E-state index in [2.05, 4.69) is 15.5 Å². The van der Waals surface area contributed by atoms with E-state index in [9.17, 15) is 35.5 Å². The van der Waals surface area contributed by atoms with Gasteiger partial charge in [-0.15, -0.1) is 0 Å². The van der Waals surface area contributed by atoms with Crippen LogP contribution in [0.5, 0.6) is 0 Å². The maximum Gasteiger partial charge on any atom is 0.296 e. The molecular weight excluding hydrogens is 522 g/mol. The summed E-state index contributed by atoms with van der Waals surface area (Å²) in [6.45, 7) is 2.62. The predicted molar refractivity (Wildman–Crippen MR) is 127 cm³/mol. The number of carbonyl (C=O) groups is 2. The summed E-state index contributed by atoms with van der Waals surface area (Å²) in [6.07, 6.45) is 0. The topological polar surface area (TPSA) is 180 Å². The van der Waals surface area contributed by atoms with Crippen LogP contribution < -0.4 is 5.32 Å². The summed E-state index contributed by atoms with van der Waals surface area (Å²) in [4.78, 5) is 24.0. The zero-order valence-electron chi connectivity index (χ0n) is 18.1. The highest BCUT2D eigenvalue weighted by Crippen LogP contribution is 2.32. The van der Waals surface area contributed by atoms with E-state index in [0.29, 0.717) is 5.56 Å². The van der Waals surface area contributed by atoms with E-state index in [1.807, 2.05) is 0 Å². The first-order valence-corrected chi connectivity index (χ1v) is 12.9. The summed E-state index contributed by atoms with van der Waals surface area (Å²) < 4.78 is 65.6. The van der Waals surface area contributed by atoms with Crippen LogP contribution in [0.2, 0.25) is 5.02 Å². The molecule has 0 radical (unpaired) electrons. The smallest absolute Gasteiger partial charge is 0.296 e. The second-order valence-electron chi connectivity index (χ2n) is 7.39. The standard InChI is InChI=1S/C21H18ClN3O8S2/c1-11-9-17(19(10-15(11)22)35(31,32)33)24-25-20(12(2)26)21(27)23-16-7-8-18(34(28,29)30)14-6-4-3-5-13(14)16/h3-10,20H,1-2H3,(H,23,27)(H,28,29,30)(H,31,32,33). The third kappa shape index (κ3) is 5.89. The Morgan fingerprint density at radius 3 is 2.11 bits per heavy atom. The minimum Gasteiger partial charge on any atom is -0.323 e. The monoisotopic (exact) mass is 539 g/mol. The molecule has 0 saturated heterocycles. The first-order valence-electron chi connectivity index (χ1n) is 9.69. The van der Waals surface area contributed by atoms with Gasteiger partial charge in [0.25, 0.3) is 26.1 Å². The molecule has 3 aromatic rings. The van der Waals surface area contributed by atoms with Crippen molar-refractivity contribution in [3.63, 3.8) is 0 Å². The lowest BCUT2D eigenvalue weighted by Crippen LogP contribution is -2.31. The Morgan fingerprint density at radius 2 is 1.54 bits per heavy atom. The summed E-state index contributed by atoms with van der Waals surface area (Å²) in [5.41, 5.74) is 0.194. The van der Waals surface area contributed by atoms with Crippen molar-refractivity contribution in [2.24, 2.45) is 10.2 Å². The average Bonchev–Trinajstić information content (AvgIpc) is 2.74. The lowest BCUT2D eigenvalue weighted by molar-refractivity contribution is -0.126. The van der Waals surface area contributed by atoms with Gasteiger partial charge < -0.3 is 5.32 Å². The highest BCUT2D eigenvalue weighted by atomic mass is 35.5. The lowest BCUT2D eigenvalue weighted by Gasteiger charge is -2.13. The van der Waals surface area contributed by atoms with Gasteiger partial charge in [0, 0.05) is 21.5 Å². The molecule has 35 heavy (non-hydrogen) atoms. The molecule has 0 saturated carbocycles. The van der Waals surface area contributed by atoms with Gasteiger partial charge in [-0.1, -0.05) is 35.9 Å². The number of halogens is 1. The fraction of sp³-hybridized carbons (Fsp3) is 0.143. The normalized spacial score (nSPS) is 13.2. The molecule has 0 aromatic heterocycles. The number of Topliss-reactive ketones (excluding diaryl/α,β-unsaturated/α-hetero) is 1. The third-order valence-corrected chi connectivity index (χ3v) is 7.05. The number of carbonyl (C=O) groups excluding carboxylic acids is 2. The molecule has 0 aliphatic carbocycles. The largest absolute Gasteiger partial charge is 0.323 e. The maximum atomic E-state index is 12.9. The van der Waals surface area contributed by atoms with Crippen molar-refractivity contribution in [1.29, 1.82) is 0 Å². The molecule has 0 spiro atoms. The number of aryl methyl sites for hydroxylation is 1. The van der Waals surface area contributed by atoms with Crippen molar-refractivity contribution in [3.8, 4) is 0 Å². The van der Waals surface area contributed by atoms with Crippen LogP contribution in [0, 0.1) is 6.92 Å². The SMILES string of the molecule is CC(=O)C(N=Nc1cc(C)c(Cl)cc1S(=O)(=O)O)C(=O)Nc1ccc(S(=O)(=O)O)c2ccccc12. The number of hydrogen-bond acceptors (Lipinski definition) is 8. The highest BCUT2D eigenvalue weighted by molar-refractivity contribution is 7.86. The zero-order chi connectivity index (χ0) is 26.1. The van der Waals surface area contributed by atoms with Crippen molar-refractivity contribution in [1.82, 2.24) is 0 Å². The lowest BCUT2D eigenvalue weighted by atomic mass is 10.1. The summed E-state index contributed by atoms with van der Waals surface area (Å²) >= 11 is 5.91. The summed E-state index contributed by atoms with van der Waals surface area (Å²) in [7, 11) is -9.29. The molecule has 1 amide bonds. The quantitative estimate of drug-likeness (QED) is 0.229. The Balaban J connectivity index is 2.01. The van der Waals surface area contributed by atoms with Crippen LogP contribution >= 0.6 is 11.6 Å². The third-order valence-electron chi connectivity index (χ3n) is 4.85. The number of azo groups is 1. The molecule has 3 aromatic carbocycles. The minimum atomic E-state index is -4.74. The van der Waals surface area contributed by atoms with Crippen LogP contribution in [0.1, 0.15) is 12.5 Å².